The molecule has 0 saturated carbocycles. The number of hydrogen-bond acceptors (Lipinski definition) is 2. The summed E-state index contributed by atoms with van der Waals surface area (Å²) in [7, 11) is 0. The van der Waals surface area contributed by atoms with Gasteiger partial charge in [-0.15, -0.1) is 11.3 Å². The van der Waals surface area contributed by atoms with Gasteiger partial charge in [-0.05, 0) is 29.6 Å². The lowest BCUT2D eigenvalue weighted by Gasteiger charge is -2.09. The van der Waals surface area contributed by atoms with E-state index in [1.807, 2.05) is 5.38 Å². The first-order valence-electron chi connectivity index (χ1n) is 5.30. The Morgan fingerprint density at radius 3 is 2.58 bits per heavy atom. The zero-order chi connectivity index (χ0) is 14.0. The zero-order valence-corrected chi connectivity index (χ0v) is 11.9. The molecule has 100 valence electrons. The molecule has 0 spiro atoms. The van der Waals surface area contributed by atoms with Crippen molar-refractivity contribution in [1.82, 2.24) is 0 Å². The fourth-order valence-corrected chi connectivity index (χ4v) is 2.75. The Hall–Kier alpha value is -1.14. The number of benzene rings is 1. The maximum absolute atomic E-state index is 12.6. The van der Waals surface area contributed by atoms with E-state index in [1.54, 1.807) is 12.1 Å². The van der Waals surface area contributed by atoms with Crippen LogP contribution >= 0.6 is 27.3 Å². The normalized spacial score (nSPS) is 11.6. The van der Waals surface area contributed by atoms with Crippen LogP contribution in [0.3, 0.4) is 0 Å². The molecule has 0 fully saturated rings. The summed E-state index contributed by atoms with van der Waals surface area (Å²) in [6.45, 7) is 0. The summed E-state index contributed by atoms with van der Waals surface area (Å²) in [6, 6.07) is 6.68. The molecule has 1 aromatic heterocycles. The van der Waals surface area contributed by atoms with E-state index in [0.717, 1.165) is 17.0 Å². The van der Waals surface area contributed by atoms with Crippen molar-refractivity contribution in [1.29, 1.82) is 0 Å². The Kier molecular flexibility index (Phi) is 4.10. The smallest absolute Gasteiger partial charge is 0.294 e. The monoisotopic (exact) mass is 348 g/mol. The second-order valence-corrected chi connectivity index (χ2v) is 5.76. The molecule has 0 saturated heterocycles. The van der Waals surface area contributed by atoms with Crippen molar-refractivity contribution < 1.29 is 18.0 Å². The standard InChI is InChI=1S/C13H8BrF3OS/c14-11-4-3-8(13(15,16)17)6-10(11)12(18)7-9-2-1-5-19-9/h1-6H,7H2. The lowest BCUT2D eigenvalue weighted by Crippen LogP contribution is -2.09. The van der Waals surface area contributed by atoms with E-state index >= 15 is 0 Å². The van der Waals surface area contributed by atoms with Crippen molar-refractivity contribution in [2.75, 3.05) is 0 Å². The van der Waals surface area contributed by atoms with Gasteiger partial charge in [0.15, 0.2) is 5.78 Å². The molecule has 0 aliphatic heterocycles. The predicted octanol–water partition coefficient (Wildman–Crippen LogP) is 4.95. The number of carbonyl (C=O) groups excluding carboxylic acids is 1. The Morgan fingerprint density at radius 2 is 2.00 bits per heavy atom. The van der Waals surface area contributed by atoms with Crippen molar-refractivity contribution in [3.8, 4) is 0 Å². The summed E-state index contributed by atoms with van der Waals surface area (Å²) in [5.74, 6) is -0.333. The van der Waals surface area contributed by atoms with E-state index in [-0.39, 0.29) is 17.8 Å². The maximum Gasteiger partial charge on any atom is 0.416 e. The van der Waals surface area contributed by atoms with E-state index in [1.165, 1.54) is 17.4 Å². The van der Waals surface area contributed by atoms with Gasteiger partial charge in [0.1, 0.15) is 0 Å². The van der Waals surface area contributed by atoms with Gasteiger partial charge in [0.2, 0.25) is 0 Å². The molecule has 19 heavy (non-hydrogen) atoms. The molecule has 6 heteroatoms. The Balaban J connectivity index is 2.31. The van der Waals surface area contributed by atoms with Crippen LogP contribution in [-0.2, 0) is 12.6 Å². The molecule has 0 amide bonds. The van der Waals surface area contributed by atoms with Crippen LogP contribution in [-0.4, -0.2) is 5.78 Å². The second kappa shape index (κ2) is 5.46. The molecule has 0 unspecified atom stereocenters. The number of hydrogen-bond donors (Lipinski definition) is 0. The van der Waals surface area contributed by atoms with Crippen LogP contribution < -0.4 is 0 Å². The first-order valence-corrected chi connectivity index (χ1v) is 6.97. The van der Waals surface area contributed by atoms with Crippen molar-refractivity contribution in [2.45, 2.75) is 12.6 Å². The summed E-state index contributed by atoms with van der Waals surface area (Å²) in [6.07, 6.45) is -4.34. The Bertz CT molecular complexity index is 590. The number of thiophene rings is 1. The van der Waals surface area contributed by atoms with Gasteiger partial charge in [-0.1, -0.05) is 22.0 Å². The van der Waals surface area contributed by atoms with E-state index in [9.17, 15) is 18.0 Å². The second-order valence-electron chi connectivity index (χ2n) is 3.87. The fourth-order valence-electron chi connectivity index (χ4n) is 1.58. The van der Waals surface area contributed by atoms with Crippen molar-refractivity contribution in [2.24, 2.45) is 0 Å². The highest BCUT2D eigenvalue weighted by Crippen LogP contribution is 2.32. The first kappa shape index (κ1) is 14.3. The molecule has 2 rings (SSSR count). The number of rotatable bonds is 3. The van der Waals surface area contributed by atoms with Crippen LogP contribution in [0.15, 0.2) is 40.2 Å². The van der Waals surface area contributed by atoms with Gasteiger partial charge in [-0.25, -0.2) is 0 Å². The van der Waals surface area contributed by atoms with Gasteiger partial charge in [0.05, 0.1) is 5.56 Å². The molecule has 1 heterocycles. The summed E-state index contributed by atoms with van der Waals surface area (Å²) in [4.78, 5) is 12.8. The predicted molar refractivity (Wildman–Crippen MR) is 71.5 cm³/mol. The average Bonchev–Trinajstić information content (AvgIpc) is 2.80. The van der Waals surface area contributed by atoms with Crippen LogP contribution in [0.4, 0.5) is 13.2 Å². The third kappa shape index (κ3) is 3.45. The number of carbonyl (C=O) groups is 1. The number of ketones is 1. The molecule has 1 nitrogen and oxygen atoms in total. The average molecular weight is 349 g/mol. The van der Waals surface area contributed by atoms with Crippen molar-refractivity contribution in [3.05, 3.63) is 56.2 Å². The SMILES string of the molecule is O=C(Cc1cccs1)c1cc(C(F)(F)F)ccc1Br. The fraction of sp³-hybridized carbons (Fsp3) is 0.154. The Labute approximate surface area is 120 Å². The van der Waals surface area contributed by atoms with Crippen LogP contribution in [0.5, 0.6) is 0 Å². The van der Waals surface area contributed by atoms with Crippen LogP contribution in [0.1, 0.15) is 20.8 Å². The van der Waals surface area contributed by atoms with Gasteiger partial charge in [0.25, 0.3) is 0 Å². The molecule has 2 aromatic rings. The highest BCUT2D eigenvalue weighted by molar-refractivity contribution is 9.10. The number of Topliss-reactive ketones (excluding diaryl/α,β-unsaturated/α-hetero) is 1. The number of halogens is 4. The molecule has 0 aliphatic carbocycles. The van der Waals surface area contributed by atoms with E-state index < -0.39 is 11.7 Å². The van der Waals surface area contributed by atoms with E-state index in [4.69, 9.17) is 0 Å². The molecule has 1 aromatic carbocycles. The number of alkyl halides is 3. The largest absolute Gasteiger partial charge is 0.416 e. The van der Waals surface area contributed by atoms with Crippen molar-refractivity contribution in [3.63, 3.8) is 0 Å². The summed E-state index contributed by atoms with van der Waals surface area (Å²) in [5.41, 5.74) is -0.756. The molecule has 0 radical (unpaired) electrons. The van der Waals surface area contributed by atoms with Crippen LogP contribution in [0, 0.1) is 0 Å². The third-order valence-corrected chi connectivity index (χ3v) is 4.08. The molecular weight excluding hydrogens is 341 g/mol. The quantitative estimate of drug-likeness (QED) is 0.717. The molecule has 0 bridgehead atoms. The van der Waals surface area contributed by atoms with Gasteiger partial charge < -0.3 is 0 Å². The zero-order valence-electron chi connectivity index (χ0n) is 9.50. The summed E-state index contributed by atoms with van der Waals surface area (Å²) in [5, 5.41) is 1.82. The minimum atomic E-state index is -4.45. The van der Waals surface area contributed by atoms with Gasteiger partial charge in [-0.3, -0.25) is 4.79 Å². The lowest BCUT2D eigenvalue weighted by atomic mass is 10.0. The Morgan fingerprint density at radius 1 is 1.26 bits per heavy atom. The first-order chi connectivity index (χ1) is 8.88. The van der Waals surface area contributed by atoms with Gasteiger partial charge >= 0.3 is 6.18 Å². The molecule has 0 N–H and O–H groups in total. The maximum atomic E-state index is 12.6. The molecule has 0 atom stereocenters. The van der Waals surface area contributed by atoms with Crippen LogP contribution in [0.2, 0.25) is 0 Å². The lowest BCUT2D eigenvalue weighted by molar-refractivity contribution is -0.137. The highest BCUT2D eigenvalue weighted by Gasteiger charge is 2.31. The van der Waals surface area contributed by atoms with Gasteiger partial charge in [-0.2, -0.15) is 13.2 Å². The molecular formula is C13H8BrF3OS. The topological polar surface area (TPSA) is 17.1 Å². The summed E-state index contributed by atoms with van der Waals surface area (Å²) < 4.78 is 38.2. The van der Waals surface area contributed by atoms with Crippen LogP contribution in [0.25, 0.3) is 0 Å². The molecule has 0 aliphatic rings. The van der Waals surface area contributed by atoms with E-state index in [2.05, 4.69) is 15.9 Å². The highest BCUT2D eigenvalue weighted by atomic mass is 79.9. The minimum absolute atomic E-state index is 0.0585. The third-order valence-electron chi connectivity index (χ3n) is 2.51. The van der Waals surface area contributed by atoms with Gasteiger partial charge in [0, 0.05) is 21.3 Å². The van der Waals surface area contributed by atoms with E-state index in [0.29, 0.717) is 4.47 Å². The summed E-state index contributed by atoms with van der Waals surface area (Å²) >= 11 is 4.52. The van der Waals surface area contributed by atoms with Crippen molar-refractivity contribution >= 4 is 33.0 Å². The minimum Gasteiger partial charge on any atom is -0.294 e.